The minimum absolute atomic E-state index is 0.423. The topological polar surface area (TPSA) is 48.5 Å². The number of halogens is 3. The maximum Gasteiger partial charge on any atom is 0.416 e. The molecule has 8 aromatic carbocycles. The van der Waals surface area contributed by atoms with Crippen molar-refractivity contribution >= 4 is 43.6 Å². The van der Waals surface area contributed by atoms with Crippen LogP contribution in [0.2, 0.25) is 0 Å². The molecule has 0 amide bonds. The molecule has 0 spiro atoms. The molecule has 60 heavy (non-hydrogen) atoms. The van der Waals surface area contributed by atoms with E-state index in [0.29, 0.717) is 45.0 Å². The van der Waals surface area contributed by atoms with Gasteiger partial charge in [-0.15, -0.1) is 0 Å². The molecule has 3 aromatic heterocycles. The molecule has 0 aliphatic rings. The zero-order valence-corrected chi connectivity index (χ0v) is 31.8. The SMILES string of the molecule is FC(F)(F)c1ccc2c(c1)c1ccccc1n2-c1ccc(-c2ccccc2-n2c3ccccc3c3ccccc32)cc1-c1nc(-c2ccccc2)nc(-c2ccccc2)n1. The highest BCUT2D eigenvalue weighted by molar-refractivity contribution is 6.11. The van der Waals surface area contributed by atoms with Gasteiger partial charge in [-0.1, -0.05) is 140 Å². The lowest BCUT2D eigenvalue weighted by atomic mass is 9.99. The summed E-state index contributed by atoms with van der Waals surface area (Å²) in [4.78, 5) is 15.3. The molecular weight excluding hydrogens is 752 g/mol. The van der Waals surface area contributed by atoms with Crippen molar-refractivity contribution in [3.63, 3.8) is 0 Å². The van der Waals surface area contributed by atoms with Crippen LogP contribution in [0.15, 0.2) is 194 Å². The minimum Gasteiger partial charge on any atom is -0.309 e. The Labute approximate surface area is 342 Å². The number of fused-ring (bicyclic) bond motifs is 6. The van der Waals surface area contributed by atoms with E-state index in [4.69, 9.17) is 15.0 Å². The van der Waals surface area contributed by atoms with Crippen LogP contribution >= 0.6 is 0 Å². The Morgan fingerprint density at radius 3 is 1.35 bits per heavy atom. The first kappa shape index (κ1) is 35.3. The summed E-state index contributed by atoms with van der Waals surface area (Å²) < 4.78 is 46.8. The molecule has 0 atom stereocenters. The number of alkyl halides is 3. The summed E-state index contributed by atoms with van der Waals surface area (Å²) in [5.74, 6) is 1.42. The average Bonchev–Trinajstić information content (AvgIpc) is 3.81. The third-order valence-corrected chi connectivity index (χ3v) is 11.2. The zero-order chi connectivity index (χ0) is 40.4. The van der Waals surface area contributed by atoms with Crippen LogP contribution in [0.5, 0.6) is 0 Å². The molecule has 11 aromatic rings. The van der Waals surface area contributed by atoms with Gasteiger partial charge in [-0.05, 0) is 60.2 Å². The Morgan fingerprint density at radius 2 is 0.783 bits per heavy atom. The van der Waals surface area contributed by atoms with Gasteiger partial charge >= 0.3 is 6.18 Å². The van der Waals surface area contributed by atoms with E-state index in [1.807, 2.05) is 102 Å². The summed E-state index contributed by atoms with van der Waals surface area (Å²) in [5, 5.41) is 3.52. The van der Waals surface area contributed by atoms with E-state index in [-0.39, 0.29) is 0 Å². The Morgan fingerprint density at radius 1 is 0.333 bits per heavy atom. The number of hydrogen-bond donors (Lipinski definition) is 0. The van der Waals surface area contributed by atoms with Crippen LogP contribution in [0.4, 0.5) is 13.2 Å². The van der Waals surface area contributed by atoms with Crippen molar-refractivity contribution in [2.24, 2.45) is 0 Å². The Hall–Kier alpha value is -7.84. The quantitative estimate of drug-likeness (QED) is 0.169. The molecule has 11 rings (SSSR count). The van der Waals surface area contributed by atoms with Gasteiger partial charge in [-0.3, -0.25) is 0 Å². The molecule has 0 unspecified atom stereocenters. The summed E-state index contributed by atoms with van der Waals surface area (Å²) >= 11 is 0. The van der Waals surface area contributed by atoms with E-state index in [1.54, 1.807) is 6.07 Å². The first-order valence-corrected chi connectivity index (χ1v) is 19.6. The van der Waals surface area contributed by atoms with Crippen LogP contribution in [0, 0.1) is 0 Å². The molecule has 3 heterocycles. The lowest BCUT2D eigenvalue weighted by Crippen LogP contribution is -2.05. The monoisotopic (exact) mass is 783 g/mol. The molecule has 286 valence electrons. The van der Waals surface area contributed by atoms with Crippen molar-refractivity contribution in [1.29, 1.82) is 0 Å². The molecule has 5 nitrogen and oxygen atoms in total. The molecule has 0 saturated heterocycles. The first-order valence-electron chi connectivity index (χ1n) is 19.6. The van der Waals surface area contributed by atoms with E-state index < -0.39 is 11.7 Å². The van der Waals surface area contributed by atoms with E-state index in [0.717, 1.165) is 61.3 Å². The van der Waals surface area contributed by atoms with Crippen molar-refractivity contribution in [3.8, 4) is 56.7 Å². The smallest absolute Gasteiger partial charge is 0.309 e. The van der Waals surface area contributed by atoms with Crippen LogP contribution in [0.25, 0.3) is 100 Å². The fraction of sp³-hybridized carbons (Fsp3) is 0.0192. The summed E-state index contributed by atoms with van der Waals surface area (Å²) in [6, 6.07) is 62.5. The predicted molar refractivity (Wildman–Crippen MR) is 235 cm³/mol. The van der Waals surface area contributed by atoms with E-state index in [2.05, 4.69) is 83.4 Å². The average molecular weight is 784 g/mol. The molecule has 0 aliphatic carbocycles. The highest BCUT2D eigenvalue weighted by Crippen LogP contribution is 2.42. The molecule has 0 fully saturated rings. The fourth-order valence-corrected chi connectivity index (χ4v) is 8.51. The largest absolute Gasteiger partial charge is 0.416 e. The number of nitrogens with zero attached hydrogens (tertiary/aromatic N) is 5. The van der Waals surface area contributed by atoms with Crippen molar-refractivity contribution in [2.45, 2.75) is 6.18 Å². The highest BCUT2D eigenvalue weighted by atomic mass is 19.4. The van der Waals surface area contributed by atoms with Crippen molar-refractivity contribution < 1.29 is 13.2 Å². The predicted octanol–water partition coefficient (Wildman–Crippen LogP) is 13.8. The van der Waals surface area contributed by atoms with Crippen LogP contribution in [-0.2, 0) is 6.18 Å². The summed E-state index contributed by atoms with van der Waals surface area (Å²) in [6.07, 6.45) is -4.50. The van der Waals surface area contributed by atoms with Gasteiger partial charge in [0, 0.05) is 43.8 Å². The number of benzene rings is 8. The van der Waals surface area contributed by atoms with Gasteiger partial charge in [0.1, 0.15) is 0 Å². The van der Waals surface area contributed by atoms with Gasteiger partial charge in [-0.2, -0.15) is 13.2 Å². The first-order chi connectivity index (χ1) is 29.4. The molecule has 0 aliphatic heterocycles. The van der Waals surface area contributed by atoms with E-state index in [9.17, 15) is 13.2 Å². The maximum absolute atomic E-state index is 14.2. The number of rotatable bonds is 6. The number of para-hydroxylation sites is 4. The molecule has 8 heteroatoms. The van der Waals surface area contributed by atoms with Crippen LogP contribution < -0.4 is 0 Å². The van der Waals surface area contributed by atoms with Crippen LogP contribution in [0.3, 0.4) is 0 Å². The summed E-state index contributed by atoms with van der Waals surface area (Å²) in [7, 11) is 0. The molecule has 0 saturated carbocycles. The lowest BCUT2D eigenvalue weighted by Gasteiger charge is -2.18. The number of hydrogen-bond acceptors (Lipinski definition) is 3. The lowest BCUT2D eigenvalue weighted by molar-refractivity contribution is -0.137. The maximum atomic E-state index is 14.2. The van der Waals surface area contributed by atoms with E-state index in [1.165, 1.54) is 6.07 Å². The van der Waals surface area contributed by atoms with Gasteiger partial charge < -0.3 is 9.13 Å². The second-order valence-electron chi connectivity index (χ2n) is 14.7. The second kappa shape index (κ2) is 13.9. The standard InChI is InChI=1S/C52H32F3N5/c53-52(54,55)36-28-30-47-41(32-36)40-22-10-14-26-46(40)60(47)48-29-27-35(37-19-7-11-23-43(37)59-44-24-12-8-20-38(44)39-21-9-13-25-45(39)59)31-42(48)51-57-49(33-15-3-1-4-16-33)56-50(58-51)34-17-5-2-6-18-34/h1-32H. The molecule has 0 N–H and O–H groups in total. The van der Waals surface area contributed by atoms with Gasteiger partial charge in [0.2, 0.25) is 0 Å². The normalized spacial score (nSPS) is 11.9. The summed E-state index contributed by atoms with van der Waals surface area (Å²) in [5.41, 5.74) is 8.79. The Balaban J connectivity index is 1.22. The van der Waals surface area contributed by atoms with Crippen molar-refractivity contribution in [3.05, 3.63) is 200 Å². The third kappa shape index (κ3) is 5.83. The Kier molecular flexibility index (Phi) is 8.20. The van der Waals surface area contributed by atoms with E-state index >= 15 is 0 Å². The van der Waals surface area contributed by atoms with Gasteiger partial charge in [-0.25, -0.2) is 15.0 Å². The Bertz CT molecular complexity index is 3310. The molecule has 0 radical (unpaired) electrons. The fourth-order valence-electron chi connectivity index (χ4n) is 8.51. The van der Waals surface area contributed by atoms with Gasteiger partial charge in [0.05, 0.1) is 39.0 Å². The summed E-state index contributed by atoms with van der Waals surface area (Å²) in [6.45, 7) is 0. The zero-order valence-electron chi connectivity index (χ0n) is 31.8. The number of aromatic nitrogens is 5. The second-order valence-corrected chi connectivity index (χ2v) is 14.7. The molecule has 0 bridgehead atoms. The van der Waals surface area contributed by atoms with Crippen LogP contribution in [0.1, 0.15) is 5.56 Å². The van der Waals surface area contributed by atoms with Crippen molar-refractivity contribution in [2.75, 3.05) is 0 Å². The van der Waals surface area contributed by atoms with Gasteiger partial charge in [0.15, 0.2) is 17.5 Å². The molecular formula is C52H32F3N5. The minimum atomic E-state index is -4.50. The van der Waals surface area contributed by atoms with Gasteiger partial charge in [0.25, 0.3) is 0 Å². The highest BCUT2D eigenvalue weighted by Gasteiger charge is 2.31. The van der Waals surface area contributed by atoms with Crippen LogP contribution in [-0.4, -0.2) is 24.1 Å². The third-order valence-electron chi connectivity index (χ3n) is 11.2. The van der Waals surface area contributed by atoms with Crippen molar-refractivity contribution in [1.82, 2.24) is 24.1 Å².